The highest BCUT2D eigenvalue weighted by Gasteiger charge is 2.10. The third-order valence-corrected chi connectivity index (χ3v) is 6.03. The van der Waals surface area contributed by atoms with Crippen LogP contribution in [-0.4, -0.2) is 4.98 Å². The number of hydrogen-bond acceptors (Lipinski definition) is 5. The van der Waals surface area contributed by atoms with E-state index in [0.29, 0.717) is 0 Å². The predicted molar refractivity (Wildman–Crippen MR) is 125 cm³/mol. The van der Waals surface area contributed by atoms with Crippen molar-refractivity contribution in [2.75, 3.05) is 5.43 Å². The van der Waals surface area contributed by atoms with E-state index >= 15 is 0 Å². The summed E-state index contributed by atoms with van der Waals surface area (Å²) >= 11 is 1.59. The first-order valence-electron chi connectivity index (χ1n) is 9.84. The second-order valence-electron chi connectivity index (χ2n) is 7.53. The molecule has 0 amide bonds. The summed E-state index contributed by atoms with van der Waals surface area (Å²) in [5.41, 5.74) is 9.50. The highest BCUT2D eigenvalue weighted by molar-refractivity contribution is 7.22. The zero-order valence-corrected chi connectivity index (χ0v) is 17.9. The van der Waals surface area contributed by atoms with Crippen LogP contribution in [0.2, 0.25) is 0 Å². The Morgan fingerprint density at radius 2 is 1.70 bits per heavy atom. The molecule has 0 radical (unpaired) electrons. The van der Waals surface area contributed by atoms with Crippen LogP contribution >= 0.6 is 11.3 Å². The average Bonchev–Trinajstić information content (AvgIpc) is 3.15. The number of anilines is 1. The number of rotatable bonds is 3. The van der Waals surface area contributed by atoms with Gasteiger partial charge in [-0.1, -0.05) is 59.4 Å². The lowest BCUT2D eigenvalue weighted by molar-refractivity contribution is 0.617. The van der Waals surface area contributed by atoms with Crippen molar-refractivity contribution in [3.05, 3.63) is 88.8 Å². The molecule has 0 aliphatic carbocycles. The molecule has 1 N–H and O–H groups in total. The van der Waals surface area contributed by atoms with Crippen LogP contribution < -0.4 is 10.8 Å². The van der Waals surface area contributed by atoms with E-state index in [1.165, 1.54) is 5.56 Å². The number of benzene rings is 3. The van der Waals surface area contributed by atoms with Crippen molar-refractivity contribution in [3.63, 3.8) is 0 Å². The van der Waals surface area contributed by atoms with Gasteiger partial charge in [0.25, 0.3) is 0 Å². The summed E-state index contributed by atoms with van der Waals surface area (Å²) in [4.78, 5) is 4.62. The Labute approximate surface area is 178 Å². The molecule has 0 unspecified atom stereocenters. The van der Waals surface area contributed by atoms with Crippen molar-refractivity contribution in [3.8, 4) is 11.3 Å². The Morgan fingerprint density at radius 1 is 0.900 bits per heavy atom. The van der Waals surface area contributed by atoms with Crippen LogP contribution in [0.5, 0.6) is 0 Å². The molecule has 5 aromatic rings. The van der Waals surface area contributed by atoms with Crippen molar-refractivity contribution in [1.82, 2.24) is 4.98 Å². The number of aromatic nitrogens is 1. The van der Waals surface area contributed by atoms with Gasteiger partial charge in [-0.15, -0.1) is 0 Å². The molecular weight excluding hydrogens is 390 g/mol. The van der Waals surface area contributed by atoms with Crippen LogP contribution in [0, 0.1) is 20.8 Å². The molecule has 0 fully saturated rings. The highest BCUT2D eigenvalue weighted by atomic mass is 32.1. The van der Waals surface area contributed by atoms with E-state index in [1.54, 1.807) is 11.3 Å². The van der Waals surface area contributed by atoms with Crippen LogP contribution in [0.4, 0.5) is 5.13 Å². The molecule has 0 spiro atoms. The molecule has 5 rings (SSSR count). The molecule has 0 bridgehead atoms. The smallest absolute Gasteiger partial charge is 0.204 e. The minimum Gasteiger partial charge on any atom is -0.456 e. The molecule has 30 heavy (non-hydrogen) atoms. The largest absolute Gasteiger partial charge is 0.456 e. The normalized spacial score (nSPS) is 12.0. The summed E-state index contributed by atoms with van der Waals surface area (Å²) in [6, 6.07) is 22.6. The number of nitrogens with zero attached hydrogens (tertiary/aromatic N) is 2. The third kappa shape index (κ3) is 3.48. The summed E-state index contributed by atoms with van der Waals surface area (Å²) in [6.45, 7) is 6.25. The molecule has 5 heteroatoms. The Kier molecular flexibility index (Phi) is 4.60. The van der Waals surface area contributed by atoms with Crippen molar-refractivity contribution >= 4 is 37.7 Å². The Balaban J connectivity index is 1.68. The van der Waals surface area contributed by atoms with Crippen LogP contribution in [-0.2, 0) is 0 Å². The van der Waals surface area contributed by atoms with Crippen LogP contribution in [0.15, 0.2) is 76.2 Å². The van der Waals surface area contributed by atoms with Gasteiger partial charge in [-0.05, 0) is 50.1 Å². The van der Waals surface area contributed by atoms with Crippen molar-refractivity contribution in [2.45, 2.75) is 20.8 Å². The number of fused-ring (bicyclic) bond motifs is 2. The lowest BCUT2D eigenvalue weighted by atomic mass is 10.0. The minimum absolute atomic E-state index is 0.770. The molecule has 0 aliphatic heterocycles. The van der Waals surface area contributed by atoms with Crippen LogP contribution in [0.1, 0.15) is 16.7 Å². The lowest BCUT2D eigenvalue weighted by Gasteiger charge is -2.08. The van der Waals surface area contributed by atoms with Crippen LogP contribution in [0.3, 0.4) is 0 Å². The van der Waals surface area contributed by atoms with E-state index in [1.807, 2.05) is 24.3 Å². The fourth-order valence-electron chi connectivity index (χ4n) is 3.66. The summed E-state index contributed by atoms with van der Waals surface area (Å²) < 4.78 is 7.42. The van der Waals surface area contributed by atoms with E-state index in [4.69, 9.17) is 9.52 Å². The van der Waals surface area contributed by atoms with Gasteiger partial charge in [0, 0.05) is 17.0 Å². The van der Waals surface area contributed by atoms with Crippen molar-refractivity contribution in [1.29, 1.82) is 0 Å². The van der Waals surface area contributed by atoms with Gasteiger partial charge in [-0.2, -0.15) is 5.10 Å². The first kappa shape index (κ1) is 18.6. The monoisotopic (exact) mass is 411 g/mol. The lowest BCUT2D eigenvalue weighted by Crippen LogP contribution is -2.09. The van der Waals surface area contributed by atoms with E-state index in [-0.39, 0.29) is 0 Å². The maximum Gasteiger partial charge on any atom is 0.204 e. The third-order valence-electron chi connectivity index (χ3n) is 5.09. The first-order valence-corrected chi connectivity index (χ1v) is 10.7. The van der Waals surface area contributed by atoms with Gasteiger partial charge in [0.1, 0.15) is 11.3 Å². The summed E-state index contributed by atoms with van der Waals surface area (Å²) in [7, 11) is 0. The first-order chi connectivity index (χ1) is 14.6. The number of nitrogens with one attached hydrogen (secondary N) is 1. The molecule has 2 aromatic heterocycles. The topological polar surface area (TPSA) is 50.4 Å². The number of thiazole rings is 1. The summed E-state index contributed by atoms with van der Waals surface area (Å²) in [5, 5.41) is 7.34. The van der Waals surface area contributed by atoms with Gasteiger partial charge in [-0.25, -0.2) is 4.98 Å². The quantitative estimate of drug-likeness (QED) is 0.342. The van der Waals surface area contributed by atoms with Gasteiger partial charge in [-0.3, -0.25) is 5.43 Å². The summed E-state index contributed by atoms with van der Waals surface area (Å²) in [6.07, 6.45) is 0. The SMILES string of the molecule is Cc1ccc(-c2c/c(=N/Nc3nc4ccccc4s3)c3c(C)cc(C)cc3o2)cc1. The maximum absolute atomic E-state index is 6.29. The zero-order chi connectivity index (χ0) is 20.7. The molecule has 0 aliphatic rings. The van der Waals surface area contributed by atoms with Gasteiger partial charge in [0.2, 0.25) is 5.13 Å². The predicted octanol–water partition coefficient (Wildman–Crippen LogP) is 6.56. The molecule has 2 heterocycles. The molecular formula is C25H21N3OS. The zero-order valence-electron chi connectivity index (χ0n) is 17.1. The number of hydrogen-bond donors (Lipinski definition) is 1. The number of para-hydroxylation sites is 1. The number of aryl methyl sites for hydroxylation is 3. The van der Waals surface area contributed by atoms with E-state index in [9.17, 15) is 0 Å². The molecule has 4 nitrogen and oxygen atoms in total. The molecule has 3 aromatic carbocycles. The summed E-state index contributed by atoms with van der Waals surface area (Å²) in [5.74, 6) is 0.789. The molecule has 148 valence electrons. The van der Waals surface area contributed by atoms with Crippen molar-refractivity contribution < 1.29 is 4.42 Å². The second kappa shape index (κ2) is 7.43. The van der Waals surface area contributed by atoms with E-state index in [0.717, 1.165) is 54.1 Å². The van der Waals surface area contributed by atoms with Crippen LogP contribution in [0.25, 0.3) is 32.5 Å². The fourth-order valence-corrected chi connectivity index (χ4v) is 4.47. The van der Waals surface area contributed by atoms with Gasteiger partial charge >= 0.3 is 0 Å². The Morgan fingerprint density at radius 3 is 2.50 bits per heavy atom. The standard InChI is InChI=1S/C25H21N3OS/c1-15-8-10-18(11-9-15)21-14-20(24-17(3)12-16(2)13-22(24)29-21)27-28-25-26-19-6-4-5-7-23(19)30-25/h4-14H,1-3H3,(H,26,28)/b27-20-. The average molecular weight is 412 g/mol. The van der Waals surface area contributed by atoms with Crippen molar-refractivity contribution in [2.24, 2.45) is 5.10 Å². The Bertz CT molecular complexity index is 1410. The molecule has 0 saturated heterocycles. The van der Waals surface area contributed by atoms with E-state index in [2.05, 4.69) is 73.6 Å². The maximum atomic E-state index is 6.29. The minimum atomic E-state index is 0.770. The fraction of sp³-hybridized carbons (Fsp3) is 0.120. The Hall–Kier alpha value is -3.44. The van der Waals surface area contributed by atoms with Gasteiger partial charge < -0.3 is 4.42 Å². The van der Waals surface area contributed by atoms with Gasteiger partial charge in [0.15, 0.2) is 0 Å². The highest BCUT2D eigenvalue weighted by Crippen LogP contribution is 2.27. The van der Waals surface area contributed by atoms with Gasteiger partial charge in [0.05, 0.1) is 15.6 Å². The second-order valence-corrected chi connectivity index (χ2v) is 8.56. The molecule has 0 saturated carbocycles. The van der Waals surface area contributed by atoms with E-state index < -0.39 is 0 Å². The molecule has 0 atom stereocenters.